The van der Waals surface area contributed by atoms with Crippen molar-refractivity contribution < 1.29 is 18.4 Å². The number of nitrogens with one attached hydrogen (secondary N) is 1. The number of hydrogen-bond donors (Lipinski definition) is 1. The molecule has 148 valence electrons. The molecule has 5 nitrogen and oxygen atoms in total. The van der Waals surface area contributed by atoms with Gasteiger partial charge in [0.1, 0.15) is 17.2 Å². The van der Waals surface area contributed by atoms with Gasteiger partial charge in [0.15, 0.2) is 0 Å². The SMILES string of the molecule is CSCCC1NC2(CCN(C(=O)c3c(F)ccc(C)c3F)CC2)N(C)C1=O. The Morgan fingerprint density at radius 1 is 1.33 bits per heavy atom. The number of likely N-dealkylation sites (tertiary alicyclic amines) is 1. The second kappa shape index (κ2) is 7.75. The molecule has 0 aliphatic carbocycles. The number of nitrogens with zero attached hydrogens (tertiary/aromatic N) is 2. The molecule has 2 amide bonds. The fourth-order valence-corrected chi connectivity index (χ4v) is 4.40. The topological polar surface area (TPSA) is 52.7 Å². The van der Waals surface area contributed by atoms with E-state index in [1.807, 2.05) is 6.26 Å². The highest BCUT2D eigenvalue weighted by atomic mass is 32.2. The minimum absolute atomic E-state index is 0.0691. The predicted octanol–water partition coefficient (Wildman–Crippen LogP) is 2.39. The lowest BCUT2D eigenvalue weighted by Gasteiger charge is -2.43. The summed E-state index contributed by atoms with van der Waals surface area (Å²) in [6.45, 7) is 2.19. The molecule has 0 aromatic heterocycles. The molecule has 1 atom stereocenters. The third kappa shape index (κ3) is 3.57. The van der Waals surface area contributed by atoms with Crippen LogP contribution in [0.25, 0.3) is 0 Å². The lowest BCUT2D eigenvalue weighted by atomic mass is 9.95. The number of carbonyl (C=O) groups is 2. The third-order valence-corrected chi connectivity index (χ3v) is 6.34. The summed E-state index contributed by atoms with van der Waals surface area (Å²) in [5.74, 6) is -1.31. The average Bonchev–Trinajstić information content (AvgIpc) is 2.88. The van der Waals surface area contributed by atoms with Crippen LogP contribution in [0.5, 0.6) is 0 Å². The van der Waals surface area contributed by atoms with Crippen molar-refractivity contribution in [3.63, 3.8) is 0 Å². The Labute approximate surface area is 162 Å². The van der Waals surface area contributed by atoms with E-state index in [2.05, 4.69) is 5.32 Å². The zero-order chi connectivity index (χ0) is 19.8. The largest absolute Gasteiger partial charge is 0.338 e. The van der Waals surface area contributed by atoms with Gasteiger partial charge in [0.05, 0.1) is 11.7 Å². The van der Waals surface area contributed by atoms with Gasteiger partial charge < -0.3 is 9.80 Å². The molecule has 0 saturated carbocycles. The predicted molar refractivity (Wildman–Crippen MR) is 102 cm³/mol. The van der Waals surface area contributed by atoms with E-state index < -0.39 is 28.8 Å². The van der Waals surface area contributed by atoms with Crippen molar-refractivity contribution in [2.45, 2.75) is 37.9 Å². The minimum Gasteiger partial charge on any atom is -0.338 e. The summed E-state index contributed by atoms with van der Waals surface area (Å²) in [5, 5.41) is 3.45. The van der Waals surface area contributed by atoms with Crippen LogP contribution in [-0.4, -0.2) is 65.5 Å². The van der Waals surface area contributed by atoms with Gasteiger partial charge in [-0.2, -0.15) is 11.8 Å². The van der Waals surface area contributed by atoms with E-state index in [9.17, 15) is 18.4 Å². The highest BCUT2D eigenvalue weighted by molar-refractivity contribution is 7.98. The maximum Gasteiger partial charge on any atom is 0.259 e. The molecule has 2 aliphatic rings. The lowest BCUT2D eigenvalue weighted by Crippen LogP contribution is -2.58. The summed E-state index contributed by atoms with van der Waals surface area (Å²) >= 11 is 1.70. The molecule has 2 heterocycles. The summed E-state index contributed by atoms with van der Waals surface area (Å²) in [6, 6.07) is 2.24. The van der Waals surface area contributed by atoms with Crippen molar-refractivity contribution in [2.24, 2.45) is 0 Å². The maximum absolute atomic E-state index is 14.3. The monoisotopic (exact) mass is 397 g/mol. The summed E-state index contributed by atoms with van der Waals surface area (Å²) < 4.78 is 28.3. The zero-order valence-electron chi connectivity index (χ0n) is 15.8. The van der Waals surface area contributed by atoms with Crippen LogP contribution in [0.3, 0.4) is 0 Å². The van der Waals surface area contributed by atoms with E-state index in [1.165, 1.54) is 17.9 Å². The van der Waals surface area contributed by atoms with E-state index in [0.29, 0.717) is 25.9 Å². The van der Waals surface area contributed by atoms with Gasteiger partial charge in [-0.05, 0) is 37.0 Å². The maximum atomic E-state index is 14.3. The quantitative estimate of drug-likeness (QED) is 0.848. The Morgan fingerprint density at radius 3 is 2.63 bits per heavy atom. The van der Waals surface area contributed by atoms with Crippen LogP contribution >= 0.6 is 11.8 Å². The number of benzene rings is 1. The molecule has 0 bridgehead atoms. The average molecular weight is 397 g/mol. The van der Waals surface area contributed by atoms with Gasteiger partial charge in [-0.1, -0.05) is 6.07 Å². The molecule has 1 unspecified atom stereocenters. The number of halogens is 2. The Balaban J connectivity index is 1.71. The number of hydrogen-bond acceptors (Lipinski definition) is 4. The molecule has 2 saturated heterocycles. The van der Waals surface area contributed by atoms with Crippen molar-refractivity contribution in [1.29, 1.82) is 0 Å². The summed E-state index contributed by atoms with van der Waals surface area (Å²) in [5.41, 5.74) is -0.735. The molecular weight excluding hydrogens is 372 g/mol. The Bertz CT molecular complexity index is 751. The standard InChI is InChI=1S/C19H25F2N3O2S/c1-12-4-5-13(20)15(16(12)21)18(26)24-9-7-19(8-10-24)22-14(6-11-27-3)17(25)23(19)2/h4-5,14,22H,6-11H2,1-3H3. The molecule has 27 heavy (non-hydrogen) atoms. The van der Waals surface area contributed by atoms with Gasteiger partial charge in [0.25, 0.3) is 5.91 Å². The molecule has 2 aliphatic heterocycles. The fourth-order valence-electron chi connectivity index (χ4n) is 3.93. The molecule has 1 aromatic rings. The molecule has 3 rings (SSSR count). The number of amides is 2. The van der Waals surface area contributed by atoms with Gasteiger partial charge in [-0.25, -0.2) is 8.78 Å². The van der Waals surface area contributed by atoms with Crippen molar-refractivity contribution >= 4 is 23.6 Å². The number of rotatable bonds is 4. The Morgan fingerprint density at radius 2 is 2.00 bits per heavy atom. The molecule has 1 N–H and O–H groups in total. The van der Waals surface area contributed by atoms with Gasteiger partial charge in [0, 0.05) is 33.0 Å². The highest BCUT2D eigenvalue weighted by Gasteiger charge is 2.50. The highest BCUT2D eigenvalue weighted by Crippen LogP contribution is 2.33. The lowest BCUT2D eigenvalue weighted by molar-refractivity contribution is -0.131. The molecular formula is C19H25F2N3O2S. The van der Waals surface area contributed by atoms with E-state index in [0.717, 1.165) is 18.2 Å². The van der Waals surface area contributed by atoms with Crippen molar-refractivity contribution in [1.82, 2.24) is 15.1 Å². The Kier molecular flexibility index (Phi) is 5.76. The second-order valence-electron chi connectivity index (χ2n) is 7.25. The number of carbonyl (C=O) groups excluding carboxylic acids is 2. The van der Waals surface area contributed by atoms with Crippen molar-refractivity contribution in [3.8, 4) is 0 Å². The van der Waals surface area contributed by atoms with Crippen LogP contribution in [0.1, 0.15) is 35.2 Å². The van der Waals surface area contributed by atoms with Gasteiger partial charge in [0.2, 0.25) is 5.91 Å². The fraction of sp³-hybridized carbons (Fsp3) is 0.579. The van der Waals surface area contributed by atoms with Gasteiger partial charge in [-0.3, -0.25) is 14.9 Å². The summed E-state index contributed by atoms with van der Waals surface area (Å²) in [7, 11) is 1.78. The first-order valence-electron chi connectivity index (χ1n) is 9.09. The van der Waals surface area contributed by atoms with E-state index >= 15 is 0 Å². The van der Waals surface area contributed by atoms with Gasteiger partial charge >= 0.3 is 0 Å². The van der Waals surface area contributed by atoms with Crippen LogP contribution in [-0.2, 0) is 4.79 Å². The first-order chi connectivity index (χ1) is 12.8. The molecule has 1 aromatic carbocycles. The molecule has 1 spiro atoms. The third-order valence-electron chi connectivity index (χ3n) is 5.70. The van der Waals surface area contributed by atoms with E-state index in [1.54, 1.807) is 23.7 Å². The normalized spacial score (nSPS) is 22.0. The minimum atomic E-state index is -0.841. The smallest absolute Gasteiger partial charge is 0.259 e. The van der Waals surface area contributed by atoms with Crippen LogP contribution in [0, 0.1) is 18.6 Å². The molecule has 8 heteroatoms. The van der Waals surface area contributed by atoms with Crippen LogP contribution in [0.2, 0.25) is 0 Å². The van der Waals surface area contributed by atoms with Crippen LogP contribution < -0.4 is 5.32 Å². The summed E-state index contributed by atoms with van der Waals surface area (Å²) in [6.07, 6.45) is 3.83. The number of aryl methyl sites for hydroxylation is 1. The van der Waals surface area contributed by atoms with Crippen LogP contribution in [0.4, 0.5) is 8.78 Å². The van der Waals surface area contributed by atoms with Crippen LogP contribution in [0.15, 0.2) is 12.1 Å². The number of thioether (sulfide) groups is 1. The van der Waals surface area contributed by atoms with E-state index in [4.69, 9.17) is 0 Å². The van der Waals surface area contributed by atoms with Gasteiger partial charge in [-0.15, -0.1) is 0 Å². The first-order valence-corrected chi connectivity index (χ1v) is 10.5. The molecule has 2 fully saturated rings. The Hall–Kier alpha value is -1.67. The van der Waals surface area contributed by atoms with E-state index in [-0.39, 0.29) is 17.5 Å². The zero-order valence-corrected chi connectivity index (χ0v) is 16.7. The summed E-state index contributed by atoms with van der Waals surface area (Å²) in [4.78, 5) is 28.4. The van der Waals surface area contributed by atoms with Crippen molar-refractivity contribution in [3.05, 3.63) is 34.9 Å². The number of likely N-dealkylation sites (N-methyl/N-ethyl adjacent to an activating group) is 1. The first kappa shape index (κ1) is 20.1. The van der Waals surface area contributed by atoms with Crippen molar-refractivity contribution in [2.75, 3.05) is 32.1 Å². The molecule has 0 radical (unpaired) electrons. The second-order valence-corrected chi connectivity index (χ2v) is 8.24. The number of piperidine rings is 1.